The Bertz CT molecular complexity index is 491. The molecule has 0 bridgehead atoms. The lowest BCUT2D eigenvalue weighted by Gasteiger charge is -2.10. The molecule has 0 aromatic heterocycles. The van der Waals surface area contributed by atoms with E-state index in [1.165, 1.54) is 19.9 Å². The lowest BCUT2D eigenvalue weighted by molar-refractivity contribution is 0.198. The van der Waals surface area contributed by atoms with Crippen LogP contribution < -0.4 is 10.5 Å². The van der Waals surface area contributed by atoms with Crippen molar-refractivity contribution in [1.82, 2.24) is 4.72 Å². The van der Waals surface area contributed by atoms with E-state index in [1.54, 1.807) is 0 Å². The molecule has 0 radical (unpaired) electrons. The lowest BCUT2D eigenvalue weighted by atomic mass is 10.2. The summed E-state index contributed by atoms with van der Waals surface area (Å²) in [5, 5.41) is 8.99. The second-order valence-corrected chi connectivity index (χ2v) is 5.59. The first-order valence-electron chi connectivity index (χ1n) is 4.97. The molecule has 0 saturated heterocycles. The van der Waals surface area contributed by atoms with Gasteiger partial charge in [0, 0.05) is 17.8 Å². The van der Waals surface area contributed by atoms with Crippen molar-refractivity contribution in [2.75, 3.05) is 12.3 Å². The van der Waals surface area contributed by atoms with Crippen LogP contribution in [0.15, 0.2) is 17.0 Å². The number of rotatable bonds is 4. The van der Waals surface area contributed by atoms with Crippen molar-refractivity contribution in [3.05, 3.63) is 23.5 Å². The summed E-state index contributed by atoms with van der Waals surface area (Å²) in [5.74, 6) is -0.678. The number of hydrogen-bond donors (Lipinski definition) is 3. The average molecular weight is 262 g/mol. The van der Waals surface area contributed by atoms with E-state index >= 15 is 0 Å². The SMILES string of the molecule is Cc1c(N)cc(S(=O)(=O)NC[C@@H](C)O)cc1F. The maximum Gasteiger partial charge on any atom is 0.240 e. The molecule has 0 saturated carbocycles. The van der Waals surface area contributed by atoms with E-state index in [0.717, 1.165) is 6.07 Å². The highest BCUT2D eigenvalue weighted by Gasteiger charge is 2.17. The van der Waals surface area contributed by atoms with E-state index in [9.17, 15) is 12.8 Å². The molecule has 0 aliphatic rings. The molecule has 1 rings (SSSR count). The van der Waals surface area contributed by atoms with Gasteiger partial charge in [-0.1, -0.05) is 0 Å². The Morgan fingerprint density at radius 3 is 2.59 bits per heavy atom. The van der Waals surface area contributed by atoms with Crippen molar-refractivity contribution >= 4 is 15.7 Å². The number of nitrogens with one attached hydrogen (secondary N) is 1. The first-order valence-corrected chi connectivity index (χ1v) is 6.45. The first-order chi connectivity index (χ1) is 7.74. The van der Waals surface area contributed by atoms with Gasteiger partial charge in [-0.05, 0) is 26.0 Å². The summed E-state index contributed by atoms with van der Waals surface area (Å²) in [6.45, 7) is 2.76. The topological polar surface area (TPSA) is 92.4 Å². The van der Waals surface area contributed by atoms with Gasteiger partial charge in [0.25, 0.3) is 0 Å². The summed E-state index contributed by atoms with van der Waals surface area (Å²) < 4.78 is 38.9. The van der Waals surface area contributed by atoms with Crippen molar-refractivity contribution in [2.24, 2.45) is 0 Å². The third kappa shape index (κ3) is 3.39. The van der Waals surface area contributed by atoms with Gasteiger partial charge in [-0.15, -0.1) is 0 Å². The summed E-state index contributed by atoms with van der Waals surface area (Å²) in [5.41, 5.74) is 5.77. The van der Waals surface area contributed by atoms with E-state index in [4.69, 9.17) is 10.8 Å². The fourth-order valence-corrected chi connectivity index (χ4v) is 2.31. The van der Waals surface area contributed by atoms with E-state index in [0.29, 0.717) is 0 Å². The molecule has 96 valence electrons. The zero-order valence-corrected chi connectivity index (χ0v) is 10.4. The number of sulfonamides is 1. The van der Waals surface area contributed by atoms with Crippen LogP contribution in [0.4, 0.5) is 10.1 Å². The third-order valence-electron chi connectivity index (χ3n) is 2.24. The smallest absolute Gasteiger partial charge is 0.240 e. The molecule has 7 heteroatoms. The van der Waals surface area contributed by atoms with Gasteiger partial charge >= 0.3 is 0 Å². The minimum atomic E-state index is -3.85. The molecule has 0 amide bonds. The number of hydrogen-bond acceptors (Lipinski definition) is 4. The van der Waals surface area contributed by atoms with Gasteiger partial charge in [-0.2, -0.15) is 0 Å². The van der Waals surface area contributed by atoms with Crippen LogP contribution in [0.5, 0.6) is 0 Å². The van der Waals surface area contributed by atoms with Gasteiger partial charge in [-0.3, -0.25) is 0 Å². The normalized spacial score (nSPS) is 13.6. The molecule has 0 fully saturated rings. The van der Waals surface area contributed by atoms with Crippen LogP contribution in [0, 0.1) is 12.7 Å². The summed E-state index contributed by atoms with van der Waals surface area (Å²) >= 11 is 0. The van der Waals surface area contributed by atoms with Crippen molar-refractivity contribution in [3.8, 4) is 0 Å². The second-order valence-electron chi connectivity index (χ2n) is 3.82. The predicted octanol–water partition coefficient (Wildman–Crippen LogP) is 0.375. The van der Waals surface area contributed by atoms with E-state index < -0.39 is 21.9 Å². The van der Waals surface area contributed by atoms with Crippen LogP contribution in [0.3, 0.4) is 0 Å². The molecule has 17 heavy (non-hydrogen) atoms. The number of halogens is 1. The molecule has 1 atom stereocenters. The lowest BCUT2D eigenvalue weighted by Crippen LogP contribution is -2.30. The molecule has 0 aliphatic heterocycles. The Balaban J connectivity index is 3.08. The van der Waals surface area contributed by atoms with Gasteiger partial charge in [0.2, 0.25) is 10.0 Å². The maximum absolute atomic E-state index is 13.3. The molecule has 0 aliphatic carbocycles. The molecule has 0 heterocycles. The Morgan fingerprint density at radius 1 is 1.53 bits per heavy atom. The standard InChI is InChI=1S/C10H15FN2O3S/c1-6(14)5-13-17(15,16)8-3-9(11)7(2)10(12)4-8/h3-4,6,13-14H,5,12H2,1-2H3/t6-/m1/s1. The third-order valence-corrected chi connectivity index (χ3v) is 3.64. The van der Waals surface area contributed by atoms with E-state index in [2.05, 4.69) is 4.72 Å². The second kappa shape index (κ2) is 4.99. The molecule has 0 unspecified atom stereocenters. The molecule has 5 nitrogen and oxygen atoms in total. The van der Waals surface area contributed by atoms with Gasteiger partial charge < -0.3 is 10.8 Å². The Kier molecular flexibility index (Phi) is 4.07. The van der Waals surface area contributed by atoms with Crippen LogP contribution in [-0.4, -0.2) is 26.2 Å². The Labute approximate surface area is 99.5 Å². The van der Waals surface area contributed by atoms with Crippen molar-refractivity contribution < 1.29 is 17.9 Å². The summed E-state index contributed by atoms with van der Waals surface area (Å²) in [6.07, 6.45) is -0.822. The minimum absolute atomic E-state index is 0.0717. The van der Waals surface area contributed by atoms with Crippen LogP contribution in [0.25, 0.3) is 0 Å². The predicted molar refractivity (Wildman–Crippen MR) is 62.4 cm³/mol. The number of benzene rings is 1. The van der Waals surface area contributed by atoms with Crippen LogP contribution in [0.1, 0.15) is 12.5 Å². The zero-order valence-electron chi connectivity index (χ0n) is 9.57. The fraction of sp³-hybridized carbons (Fsp3) is 0.400. The van der Waals surface area contributed by atoms with Gasteiger partial charge in [0.05, 0.1) is 11.0 Å². The van der Waals surface area contributed by atoms with Crippen molar-refractivity contribution in [2.45, 2.75) is 24.8 Å². The minimum Gasteiger partial charge on any atom is -0.398 e. The number of anilines is 1. The van der Waals surface area contributed by atoms with Crippen LogP contribution >= 0.6 is 0 Å². The number of nitrogen functional groups attached to an aromatic ring is 1. The highest BCUT2D eigenvalue weighted by Crippen LogP contribution is 2.20. The zero-order chi connectivity index (χ0) is 13.2. The van der Waals surface area contributed by atoms with Crippen molar-refractivity contribution in [1.29, 1.82) is 0 Å². The Morgan fingerprint density at radius 2 is 2.12 bits per heavy atom. The average Bonchev–Trinajstić information content (AvgIpc) is 2.22. The number of aliphatic hydroxyl groups is 1. The largest absolute Gasteiger partial charge is 0.398 e. The molecule has 1 aromatic carbocycles. The first kappa shape index (κ1) is 13.9. The maximum atomic E-state index is 13.3. The van der Waals surface area contributed by atoms with Gasteiger partial charge in [0.15, 0.2) is 0 Å². The summed E-state index contributed by atoms with van der Waals surface area (Å²) in [6, 6.07) is 2.08. The van der Waals surface area contributed by atoms with Crippen LogP contribution in [0.2, 0.25) is 0 Å². The van der Waals surface area contributed by atoms with Gasteiger partial charge in [-0.25, -0.2) is 17.5 Å². The monoisotopic (exact) mass is 262 g/mol. The highest BCUT2D eigenvalue weighted by molar-refractivity contribution is 7.89. The molecule has 1 aromatic rings. The number of aliphatic hydroxyl groups excluding tert-OH is 1. The molecule has 4 N–H and O–H groups in total. The summed E-state index contributed by atoms with van der Waals surface area (Å²) in [4.78, 5) is -0.251. The number of nitrogens with two attached hydrogens (primary N) is 1. The molecular formula is C10H15FN2O3S. The van der Waals surface area contributed by atoms with Crippen molar-refractivity contribution in [3.63, 3.8) is 0 Å². The molecular weight excluding hydrogens is 247 g/mol. The van der Waals surface area contributed by atoms with E-state index in [-0.39, 0.29) is 22.7 Å². The highest BCUT2D eigenvalue weighted by atomic mass is 32.2. The molecule has 0 spiro atoms. The fourth-order valence-electron chi connectivity index (χ4n) is 1.14. The van der Waals surface area contributed by atoms with E-state index in [1.807, 2.05) is 0 Å². The van der Waals surface area contributed by atoms with Gasteiger partial charge in [0.1, 0.15) is 5.82 Å². The van der Waals surface area contributed by atoms with Crippen LogP contribution in [-0.2, 0) is 10.0 Å². The summed E-state index contributed by atoms with van der Waals surface area (Å²) in [7, 11) is -3.85. The quantitative estimate of drug-likeness (QED) is 0.684. The Hall–Kier alpha value is -1.18.